The molecular formula is C18H17N3O5S. The highest BCUT2D eigenvalue weighted by atomic mass is 32.2. The average molecular weight is 387 g/mol. The van der Waals surface area contributed by atoms with Gasteiger partial charge in [0.15, 0.2) is 16.4 Å². The largest absolute Gasteiger partial charge is 0.484 e. The Morgan fingerprint density at radius 3 is 2.67 bits per heavy atom. The first-order valence-corrected chi connectivity index (χ1v) is 9.84. The van der Waals surface area contributed by atoms with E-state index in [0.29, 0.717) is 5.75 Å². The first-order chi connectivity index (χ1) is 12.8. The van der Waals surface area contributed by atoms with Crippen molar-refractivity contribution in [2.45, 2.75) is 11.8 Å². The van der Waals surface area contributed by atoms with Gasteiger partial charge in [0.05, 0.1) is 10.5 Å². The molecule has 0 unspecified atom stereocenters. The van der Waals surface area contributed by atoms with Gasteiger partial charge in [0.2, 0.25) is 0 Å². The van der Waals surface area contributed by atoms with Gasteiger partial charge in [-0.2, -0.15) is 0 Å². The van der Waals surface area contributed by atoms with Gasteiger partial charge < -0.3 is 9.15 Å². The van der Waals surface area contributed by atoms with E-state index in [4.69, 9.17) is 9.15 Å². The van der Waals surface area contributed by atoms with Crippen molar-refractivity contribution < 1.29 is 22.4 Å². The Bertz CT molecular complexity index is 1080. The zero-order chi connectivity index (χ0) is 19.4. The van der Waals surface area contributed by atoms with Gasteiger partial charge in [-0.1, -0.05) is 29.4 Å². The van der Waals surface area contributed by atoms with E-state index in [-0.39, 0.29) is 29.0 Å². The second-order valence-corrected chi connectivity index (χ2v) is 7.82. The lowest BCUT2D eigenvalue weighted by molar-refractivity contribution is -0.118. The van der Waals surface area contributed by atoms with Crippen LogP contribution in [0, 0.1) is 6.92 Å². The normalized spacial score (nSPS) is 11.2. The van der Waals surface area contributed by atoms with E-state index in [1.54, 1.807) is 30.3 Å². The van der Waals surface area contributed by atoms with Crippen molar-refractivity contribution in [3.8, 4) is 17.2 Å². The third-order valence-corrected chi connectivity index (χ3v) is 4.70. The van der Waals surface area contributed by atoms with Gasteiger partial charge in [0.25, 0.3) is 11.8 Å². The Hall–Kier alpha value is -3.20. The number of aryl methyl sites for hydroxylation is 1. The molecule has 9 heteroatoms. The monoisotopic (exact) mass is 387 g/mol. The summed E-state index contributed by atoms with van der Waals surface area (Å²) in [6.07, 6.45) is 1.09. The fourth-order valence-electron chi connectivity index (χ4n) is 2.36. The Labute approximate surface area is 156 Å². The highest BCUT2D eigenvalue weighted by Crippen LogP contribution is 2.27. The number of hydrogen-bond acceptors (Lipinski definition) is 7. The lowest BCUT2D eigenvalue weighted by Crippen LogP contribution is -2.20. The van der Waals surface area contributed by atoms with Gasteiger partial charge in [0.1, 0.15) is 5.75 Å². The number of nitrogens with zero attached hydrogens (tertiary/aromatic N) is 2. The zero-order valence-corrected chi connectivity index (χ0v) is 15.5. The number of carbonyl (C=O) groups is 1. The Kier molecular flexibility index (Phi) is 5.22. The minimum Gasteiger partial charge on any atom is -0.484 e. The van der Waals surface area contributed by atoms with E-state index < -0.39 is 15.7 Å². The second-order valence-electron chi connectivity index (χ2n) is 5.83. The summed E-state index contributed by atoms with van der Waals surface area (Å²) in [7, 11) is -3.47. The van der Waals surface area contributed by atoms with Crippen LogP contribution in [-0.4, -0.2) is 37.4 Å². The third kappa shape index (κ3) is 4.70. The standard InChI is InChI=1S/C18H17N3O5S/c1-12-6-5-7-13(10-12)25-11-16(22)19-18-21-20-17(26-18)14-8-3-4-9-15(14)27(2,23)24/h3-10H,11H2,1-2H3,(H,19,21,22). The Morgan fingerprint density at radius 2 is 1.93 bits per heavy atom. The van der Waals surface area contributed by atoms with Crippen molar-refractivity contribution in [3.05, 3.63) is 54.1 Å². The quantitative estimate of drug-likeness (QED) is 0.691. The van der Waals surface area contributed by atoms with Crippen molar-refractivity contribution >= 4 is 21.8 Å². The molecule has 1 amide bonds. The molecule has 0 aliphatic heterocycles. The highest BCUT2D eigenvalue weighted by Gasteiger charge is 2.19. The van der Waals surface area contributed by atoms with Gasteiger partial charge in [-0.25, -0.2) is 8.42 Å². The van der Waals surface area contributed by atoms with Crippen molar-refractivity contribution in [1.82, 2.24) is 10.2 Å². The molecule has 0 aliphatic carbocycles. The predicted octanol–water partition coefficient (Wildman–Crippen LogP) is 2.47. The number of ether oxygens (including phenoxy) is 1. The van der Waals surface area contributed by atoms with Gasteiger partial charge in [0, 0.05) is 6.26 Å². The van der Waals surface area contributed by atoms with Gasteiger partial charge in [-0.15, -0.1) is 5.10 Å². The molecule has 0 atom stereocenters. The molecule has 27 heavy (non-hydrogen) atoms. The Morgan fingerprint density at radius 1 is 1.15 bits per heavy atom. The van der Waals surface area contributed by atoms with Crippen molar-refractivity contribution in [3.63, 3.8) is 0 Å². The molecule has 1 N–H and O–H groups in total. The van der Waals surface area contributed by atoms with Crippen LogP contribution in [0.1, 0.15) is 5.56 Å². The molecule has 0 radical (unpaired) electrons. The minimum atomic E-state index is -3.47. The average Bonchev–Trinajstić information content (AvgIpc) is 3.08. The highest BCUT2D eigenvalue weighted by molar-refractivity contribution is 7.90. The molecule has 3 aromatic rings. The summed E-state index contributed by atoms with van der Waals surface area (Å²) in [6, 6.07) is 13.4. The van der Waals surface area contributed by atoms with Crippen LogP contribution >= 0.6 is 0 Å². The topological polar surface area (TPSA) is 111 Å². The summed E-state index contributed by atoms with van der Waals surface area (Å²) in [4.78, 5) is 12.0. The number of hydrogen-bond donors (Lipinski definition) is 1. The van der Waals surface area contributed by atoms with E-state index in [9.17, 15) is 13.2 Å². The van der Waals surface area contributed by atoms with Crippen LogP contribution in [0.25, 0.3) is 11.5 Å². The summed E-state index contributed by atoms with van der Waals surface area (Å²) in [5, 5.41) is 9.95. The minimum absolute atomic E-state index is 0.00840. The van der Waals surface area contributed by atoms with E-state index >= 15 is 0 Å². The summed E-state index contributed by atoms with van der Waals surface area (Å²) >= 11 is 0. The molecule has 0 aliphatic rings. The number of sulfone groups is 1. The van der Waals surface area contributed by atoms with E-state index in [1.807, 2.05) is 19.1 Å². The zero-order valence-electron chi connectivity index (χ0n) is 14.7. The number of anilines is 1. The molecule has 0 saturated carbocycles. The number of nitrogens with one attached hydrogen (secondary N) is 1. The first kappa shape index (κ1) is 18.6. The van der Waals surface area contributed by atoms with Crippen LogP contribution in [0.2, 0.25) is 0 Å². The van der Waals surface area contributed by atoms with E-state index in [1.165, 1.54) is 6.07 Å². The van der Waals surface area contributed by atoms with Gasteiger partial charge >= 0.3 is 6.01 Å². The predicted molar refractivity (Wildman–Crippen MR) is 98.1 cm³/mol. The maximum absolute atomic E-state index is 12.0. The van der Waals surface area contributed by atoms with Crippen molar-refractivity contribution in [1.29, 1.82) is 0 Å². The molecular weight excluding hydrogens is 370 g/mol. The number of rotatable bonds is 6. The first-order valence-electron chi connectivity index (χ1n) is 7.95. The van der Waals surface area contributed by atoms with Crippen molar-refractivity contribution in [2.24, 2.45) is 0 Å². The van der Waals surface area contributed by atoms with Crippen LogP contribution < -0.4 is 10.1 Å². The molecule has 0 fully saturated rings. The molecule has 8 nitrogen and oxygen atoms in total. The number of benzene rings is 2. The molecule has 0 saturated heterocycles. The van der Waals surface area contributed by atoms with Gasteiger partial charge in [-0.3, -0.25) is 10.1 Å². The van der Waals surface area contributed by atoms with Crippen LogP contribution in [0.3, 0.4) is 0 Å². The van der Waals surface area contributed by atoms with E-state index in [2.05, 4.69) is 15.5 Å². The fraction of sp³-hybridized carbons (Fsp3) is 0.167. The SMILES string of the molecule is Cc1cccc(OCC(=O)Nc2nnc(-c3ccccc3S(C)(=O)=O)o2)c1. The second kappa shape index (κ2) is 7.58. The summed E-state index contributed by atoms with van der Waals surface area (Å²) < 4.78 is 34.5. The van der Waals surface area contributed by atoms with Gasteiger partial charge in [-0.05, 0) is 36.8 Å². The van der Waals surface area contributed by atoms with Crippen LogP contribution in [0.5, 0.6) is 5.75 Å². The summed E-state index contributed by atoms with van der Waals surface area (Å²) in [6.45, 7) is 1.68. The molecule has 1 aromatic heterocycles. The molecule has 2 aromatic carbocycles. The number of amides is 1. The van der Waals surface area contributed by atoms with E-state index in [0.717, 1.165) is 11.8 Å². The lowest BCUT2D eigenvalue weighted by Gasteiger charge is -2.06. The maximum Gasteiger partial charge on any atom is 0.322 e. The molecule has 1 heterocycles. The number of carbonyl (C=O) groups excluding carboxylic acids is 1. The molecule has 0 spiro atoms. The number of aromatic nitrogens is 2. The summed E-state index contributed by atoms with van der Waals surface area (Å²) in [5.41, 5.74) is 1.28. The smallest absolute Gasteiger partial charge is 0.322 e. The lowest BCUT2D eigenvalue weighted by atomic mass is 10.2. The molecule has 0 bridgehead atoms. The van der Waals surface area contributed by atoms with Crippen LogP contribution in [-0.2, 0) is 14.6 Å². The van der Waals surface area contributed by atoms with Crippen LogP contribution in [0.15, 0.2) is 57.8 Å². The maximum atomic E-state index is 12.0. The molecule has 140 valence electrons. The van der Waals surface area contributed by atoms with Crippen LogP contribution in [0.4, 0.5) is 6.01 Å². The van der Waals surface area contributed by atoms with Crippen molar-refractivity contribution in [2.75, 3.05) is 18.2 Å². The third-order valence-electron chi connectivity index (χ3n) is 3.55. The Balaban J connectivity index is 1.69. The fourth-order valence-corrected chi connectivity index (χ4v) is 3.24. The molecule has 3 rings (SSSR count). The summed E-state index contributed by atoms with van der Waals surface area (Å²) in [5.74, 6) is 0.0764.